The zero-order valence-electron chi connectivity index (χ0n) is 17.0. The smallest absolute Gasteiger partial charge is 0.328 e. The molecule has 3 saturated heterocycles. The lowest BCUT2D eigenvalue weighted by molar-refractivity contribution is -0.120. The summed E-state index contributed by atoms with van der Waals surface area (Å²) in [6.45, 7) is 6.11. The van der Waals surface area contributed by atoms with Gasteiger partial charge >= 0.3 is 6.03 Å². The number of benzene rings is 1. The zero-order chi connectivity index (χ0) is 20.5. The topological polar surface area (TPSA) is 91.7 Å². The Morgan fingerprint density at radius 3 is 2.80 bits per heavy atom. The Balaban J connectivity index is 1.29. The van der Waals surface area contributed by atoms with E-state index in [0.717, 1.165) is 68.8 Å². The van der Waals surface area contributed by atoms with Crippen molar-refractivity contribution < 1.29 is 14.3 Å². The summed E-state index contributed by atoms with van der Waals surface area (Å²) >= 11 is 0. The molecule has 0 radical (unpaired) electrons. The van der Waals surface area contributed by atoms with E-state index in [-0.39, 0.29) is 18.0 Å². The normalized spacial score (nSPS) is 24.4. The molecule has 0 bridgehead atoms. The van der Waals surface area contributed by atoms with E-state index in [1.54, 1.807) is 4.90 Å². The number of morpholine rings is 1. The van der Waals surface area contributed by atoms with E-state index in [9.17, 15) is 9.59 Å². The summed E-state index contributed by atoms with van der Waals surface area (Å²) in [5.74, 6) is -0.222. The summed E-state index contributed by atoms with van der Waals surface area (Å²) in [5.41, 5.74) is 1.85. The standard InChI is InChI=1S/C21H28N6O3/c28-20-6-10-26(21(29)24-20)18-2-1-3-19-17(18)13-23-27(19)15-4-8-25(9-5-15)14-16-12-22-7-11-30-16/h1-3,13,15-16,22H,4-12,14H2,(H,24,28,29)/t16-/m1/s1. The van der Waals surface area contributed by atoms with E-state index < -0.39 is 0 Å². The summed E-state index contributed by atoms with van der Waals surface area (Å²) in [5, 5.41) is 11.4. The Hall–Kier alpha value is -2.49. The average molecular weight is 412 g/mol. The van der Waals surface area contributed by atoms with Crippen molar-refractivity contribution in [2.75, 3.05) is 50.8 Å². The van der Waals surface area contributed by atoms with Crippen LogP contribution in [0.25, 0.3) is 10.9 Å². The third-order valence-corrected chi connectivity index (χ3v) is 6.33. The van der Waals surface area contributed by atoms with Gasteiger partial charge in [0.15, 0.2) is 0 Å². The van der Waals surface area contributed by atoms with Crippen molar-refractivity contribution in [3.8, 4) is 0 Å². The number of hydrogen-bond donors (Lipinski definition) is 2. The van der Waals surface area contributed by atoms with Gasteiger partial charge in [-0.05, 0) is 25.0 Å². The number of nitrogens with zero attached hydrogens (tertiary/aromatic N) is 4. The number of carbonyl (C=O) groups is 2. The molecule has 30 heavy (non-hydrogen) atoms. The van der Waals surface area contributed by atoms with E-state index >= 15 is 0 Å². The number of fused-ring (bicyclic) bond motifs is 1. The summed E-state index contributed by atoms with van der Waals surface area (Å²) in [7, 11) is 0. The number of likely N-dealkylation sites (tertiary alicyclic amines) is 1. The molecule has 3 amide bonds. The number of anilines is 1. The first-order chi connectivity index (χ1) is 14.7. The summed E-state index contributed by atoms with van der Waals surface area (Å²) in [6, 6.07) is 5.93. The van der Waals surface area contributed by atoms with Gasteiger partial charge in [0, 0.05) is 51.1 Å². The molecule has 3 aliphatic heterocycles. The molecule has 2 aromatic rings. The van der Waals surface area contributed by atoms with Gasteiger partial charge in [0.05, 0.1) is 36.2 Å². The molecule has 0 aliphatic carbocycles. The van der Waals surface area contributed by atoms with Crippen LogP contribution in [0, 0.1) is 0 Å². The van der Waals surface area contributed by atoms with E-state index in [1.165, 1.54) is 0 Å². The maximum atomic E-state index is 12.3. The van der Waals surface area contributed by atoms with Crippen molar-refractivity contribution >= 4 is 28.5 Å². The van der Waals surface area contributed by atoms with Crippen molar-refractivity contribution in [2.24, 2.45) is 0 Å². The van der Waals surface area contributed by atoms with Gasteiger partial charge in [-0.15, -0.1) is 0 Å². The number of carbonyl (C=O) groups excluding carboxylic acids is 2. The first kappa shape index (κ1) is 19.5. The Labute approximate surface area is 175 Å². The molecule has 0 unspecified atom stereocenters. The fourth-order valence-electron chi connectivity index (χ4n) is 4.75. The number of piperidine rings is 1. The molecule has 1 atom stereocenters. The minimum atomic E-state index is -0.362. The van der Waals surface area contributed by atoms with Crippen molar-refractivity contribution in [3.05, 3.63) is 24.4 Å². The van der Waals surface area contributed by atoms with E-state index in [1.807, 2.05) is 18.3 Å². The molecule has 0 spiro atoms. The number of hydrogen-bond acceptors (Lipinski definition) is 6. The van der Waals surface area contributed by atoms with Crippen molar-refractivity contribution in [2.45, 2.75) is 31.4 Å². The molecule has 1 aromatic heterocycles. The Morgan fingerprint density at radius 1 is 1.17 bits per heavy atom. The third kappa shape index (κ3) is 3.80. The Morgan fingerprint density at radius 2 is 2.03 bits per heavy atom. The number of amides is 3. The molecule has 160 valence electrons. The second kappa shape index (κ2) is 8.33. The van der Waals surface area contributed by atoms with Gasteiger partial charge in [-0.3, -0.25) is 19.7 Å². The quantitative estimate of drug-likeness (QED) is 0.782. The van der Waals surface area contributed by atoms with Crippen LogP contribution in [0.4, 0.5) is 10.5 Å². The highest BCUT2D eigenvalue weighted by atomic mass is 16.5. The fourth-order valence-corrected chi connectivity index (χ4v) is 4.75. The number of imide groups is 1. The molecular formula is C21H28N6O3. The number of nitrogens with one attached hydrogen (secondary N) is 2. The van der Waals surface area contributed by atoms with Crippen LogP contribution in [0.3, 0.4) is 0 Å². The van der Waals surface area contributed by atoms with Crippen LogP contribution in [0.5, 0.6) is 0 Å². The average Bonchev–Trinajstić information content (AvgIpc) is 3.20. The van der Waals surface area contributed by atoms with Crippen LogP contribution >= 0.6 is 0 Å². The molecule has 3 fully saturated rings. The monoisotopic (exact) mass is 412 g/mol. The Kier molecular flexibility index (Phi) is 5.41. The highest BCUT2D eigenvalue weighted by Crippen LogP contribution is 2.32. The molecule has 3 aliphatic rings. The first-order valence-electron chi connectivity index (χ1n) is 10.8. The summed E-state index contributed by atoms with van der Waals surface area (Å²) in [6.07, 6.45) is 4.53. The Bertz CT molecular complexity index is 930. The van der Waals surface area contributed by atoms with E-state index in [0.29, 0.717) is 19.0 Å². The van der Waals surface area contributed by atoms with Crippen LogP contribution in [-0.4, -0.2) is 78.6 Å². The summed E-state index contributed by atoms with van der Waals surface area (Å²) < 4.78 is 7.96. The van der Waals surface area contributed by atoms with Crippen molar-refractivity contribution in [3.63, 3.8) is 0 Å². The zero-order valence-corrected chi connectivity index (χ0v) is 17.0. The number of rotatable bonds is 4. The van der Waals surface area contributed by atoms with Crippen molar-refractivity contribution in [1.29, 1.82) is 0 Å². The van der Waals surface area contributed by atoms with Gasteiger partial charge in [-0.25, -0.2) is 4.79 Å². The SMILES string of the molecule is O=C1CCN(c2cccc3c2cnn3C2CCN(C[C@H]3CNCCO3)CC2)C(=O)N1. The third-order valence-electron chi connectivity index (χ3n) is 6.33. The number of aromatic nitrogens is 2. The molecule has 2 N–H and O–H groups in total. The molecular weight excluding hydrogens is 384 g/mol. The van der Waals surface area contributed by atoms with Crippen LogP contribution < -0.4 is 15.5 Å². The maximum absolute atomic E-state index is 12.3. The second-order valence-corrected chi connectivity index (χ2v) is 8.28. The molecule has 1 aromatic carbocycles. The maximum Gasteiger partial charge on any atom is 0.328 e. The van der Waals surface area contributed by atoms with Crippen molar-refractivity contribution in [1.82, 2.24) is 25.3 Å². The molecule has 4 heterocycles. The second-order valence-electron chi connectivity index (χ2n) is 8.28. The lowest BCUT2D eigenvalue weighted by Gasteiger charge is -2.35. The highest BCUT2D eigenvalue weighted by molar-refractivity contribution is 6.09. The number of urea groups is 1. The lowest BCUT2D eigenvalue weighted by Crippen LogP contribution is -2.49. The van der Waals surface area contributed by atoms with Gasteiger partial charge in [-0.1, -0.05) is 6.07 Å². The highest BCUT2D eigenvalue weighted by Gasteiger charge is 2.28. The predicted molar refractivity (Wildman–Crippen MR) is 113 cm³/mol. The van der Waals surface area contributed by atoms with Gasteiger partial charge in [-0.2, -0.15) is 5.10 Å². The summed E-state index contributed by atoms with van der Waals surface area (Å²) in [4.78, 5) is 27.9. The molecule has 9 nitrogen and oxygen atoms in total. The van der Waals surface area contributed by atoms with Gasteiger partial charge < -0.3 is 15.0 Å². The minimum absolute atomic E-state index is 0.222. The lowest BCUT2D eigenvalue weighted by atomic mass is 10.0. The predicted octanol–water partition coefficient (Wildman–Crippen LogP) is 1.11. The fraction of sp³-hybridized carbons (Fsp3) is 0.571. The van der Waals surface area contributed by atoms with Crippen LogP contribution in [-0.2, 0) is 9.53 Å². The number of ether oxygens (including phenoxy) is 1. The van der Waals surface area contributed by atoms with E-state index in [4.69, 9.17) is 9.84 Å². The molecule has 9 heteroatoms. The van der Waals surface area contributed by atoms with E-state index in [2.05, 4.69) is 26.3 Å². The van der Waals surface area contributed by atoms with Gasteiger partial charge in [0.2, 0.25) is 5.91 Å². The molecule has 0 saturated carbocycles. The van der Waals surface area contributed by atoms with Gasteiger partial charge in [0.1, 0.15) is 0 Å². The van der Waals surface area contributed by atoms with Crippen LogP contribution in [0.2, 0.25) is 0 Å². The minimum Gasteiger partial charge on any atom is -0.374 e. The first-order valence-corrected chi connectivity index (χ1v) is 10.8. The molecule has 5 rings (SSSR count). The largest absolute Gasteiger partial charge is 0.374 e. The van der Waals surface area contributed by atoms with Gasteiger partial charge in [0.25, 0.3) is 0 Å². The van der Waals surface area contributed by atoms with Crippen LogP contribution in [0.1, 0.15) is 25.3 Å². The van der Waals surface area contributed by atoms with Crippen LogP contribution in [0.15, 0.2) is 24.4 Å².